The van der Waals surface area contributed by atoms with Crippen molar-refractivity contribution in [1.29, 1.82) is 0 Å². The first kappa shape index (κ1) is 17.2. The maximum absolute atomic E-state index is 13.0. The van der Waals surface area contributed by atoms with Crippen LogP contribution in [0.3, 0.4) is 0 Å². The van der Waals surface area contributed by atoms with Gasteiger partial charge in [0.2, 0.25) is 5.91 Å². The fourth-order valence-electron chi connectivity index (χ4n) is 2.82. The summed E-state index contributed by atoms with van der Waals surface area (Å²) in [5.74, 6) is -0.0987. The van der Waals surface area contributed by atoms with Crippen LogP contribution in [0.15, 0.2) is 54.6 Å². The Kier molecular flexibility index (Phi) is 6.33. The molecule has 0 N–H and O–H groups in total. The van der Waals surface area contributed by atoms with Crippen molar-refractivity contribution in [2.45, 2.75) is 39.2 Å². The fraction of sp³-hybridized carbons (Fsp3) is 0.350. The van der Waals surface area contributed by atoms with E-state index in [1.54, 1.807) is 12.1 Å². The number of halogens is 1. The van der Waals surface area contributed by atoms with Crippen molar-refractivity contribution in [3.8, 4) is 0 Å². The van der Waals surface area contributed by atoms with Crippen molar-refractivity contribution >= 4 is 5.91 Å². The highest BCUT2D eigenvalue weighted by atomic mass is 19.1. The predicted molar refractivity (Wildman–Crippen MR) is 91.6 cm³/mol. The van der Waals surface area contributed by atoms with Crippen LogP contribution in [0.2, 0.25) is 0 Å². The Balaban J connectivity index is 1.91. The largest absolute Gasteiger partial charge is 0.336 e. The number of aryl methyl sites for hydroxylation is 1. The quantitative estimate of drug-likeness (QED) is 0.722. The fourth-order valence-corrected chi connectivity index (χ4v) is 2.82. The van der Waals surface area contributed by atoms with Crippen LogP contribution >= 0.6 is 0 Å². The van der Waals surface area contributed by atoms with Crippen LogP contribution in [0, 0.1) is 5.82 Å². The van der Waals surface area contributed by atoms with E-state index < -0.39 is 0 Å². The Morgan fingerprint density at radius 3 is 2.35 bits per heavy atom. The molecule has 0 radical (unpaired) electrons. The molecule has 1 amide bonds. The molecule has 0 aliphatic heterocycles. The summed E-state index contributed by atoms with van der Waals surface area (Å²) in [5, 5.41) is 0. The minimum absolute atomic E-state index is 0.0372. The summed E-state index contributed by atoms with van der Waals surface area (Å²) in [6.45, 7) is 4.63. The Morgan fingerprint density at radius 1 is 1.09 bits per heavy atom. The summed E-state index contributed by atoms with van der Waals surface area (Å²) in [6, 6.07) is 16.6. The van der Waals surface area contributed by atoms with Gasteiger partial charge in [0.05, 0.1) is 6.04 Å². The highest BCUT2D eigenvalue weighted by Crippen LogP contribution is 2.21. The van der Waals surface area contributed by atoms with Crippen molar-refractivity contribution in [3.63, 3.8) is 0 Å². The van der Waals surface area contributed by atoms with E-state index in [1.165, 1.54) is 17.7 Å². The van der Waals surface area contributed by atoms with Gasteiger partial charge >= 0.3 is 0 Å². The topological polar surface area (TPSA) is 20.3 Å². The number of rotatable bonds is 7. The summed E-state index contributed by atoms with van der Waals surface area (Å²) < 4.78 is 13.0. The molecule has 3 heteroatoms. The van der Waals surface area contributed by atoms with Crippen molar-refractivity contribution in [1.82, 2.24) is 4.90 Å². The Bertz CT molecular complexity index is 609. The van der Waals surface area contributed by atoms with Gasteiger partial charge in [0.1, 0.15) is 5.82 Å². The highest BCUT2D eigenvalue weighted by Gasteiger charge is 2.19. The standard InChI is InChI=1S/C20H24FNO/c1-3-22(16(2)18-12-14-19(21)15-13-18)20(23)11-7-10-17-8-5-4-6-9-17/h4-6,8-9,12-16H,3,7,10-11H2,1-2H3. The molecule has 0 heterocycles. The number of carbonyl (C=O) groups excluding carboxylic acids is 1. The molecule has 122 valence electrons. The molecule has 1 atom stereocenters. The second-order valence-electron chi connectivity index (χ2n) is 5.75. The average molecular weight is 313 g/mol. The zero-order chi connectivity index (χ0) is 16.7. The second kappa shape index (κ2) is 8.47. The molecule has 0 saturated carbocycles. The van der Waals surface area contributed by atoms with Gasteiger partial charge in [-0.1, -0.05) is 42.5 Å². The molecule has 0 aliphatic carbocycles. The minimum Gasteiger partial charge on any atom is -0.336 e. The molecule has 2 aromatic carbocycles. The van der Waals surface area contributed by atoms with Gasteiger partial charge in [-0.15, -0.1) is 0 Å². The van der Waals surface area contributed by atoms with Crippen molar-refractivity contribution < 1.29 is 9.18 Å². The van der Waals surface area contributed by atoms with Crippen molar-refractivity contribution in [2.24, 2.45) is 0 Å². The molecule has 2 nitrogen and oxygen atoms in total. The molecular formula is C20H24FNO. The Morgan fingerprint density at radius 2 is 1.74 bits per heavy atom. The average Bonchev–Trinajstić information content (AvgIpc) is 2.57. The number of amides is 1. The SMILES string of the molecule is CCN(C(=O)CCCc1ccccc1)C(C)c1ccc(F)cc1. The van der Waals surface area contributed by atoms with Gasteiger partial charge in [-0.2, -0.15) is 0 Å². The minimum atomic E-state index is -0.252. The number of nitrogens with zero attached hydrogens (tertiary/aromatic N) is 1. The Hall–Kier alpha value is -2.16. The third-order valence-corrected chi connectivity index (χ3v) is 4.18. The molecular weight excluding hydrogens is 289 g/mol. The molecule has 1 unspecified atom stereocenters. The second-order valence-corrected chi connectivity index (χ2v) is 5.75. The lowest BCUT2D eigenvalue weighted by atomic mass is 10.0. The molecule has 0 saturated heterocycles. The van der Waals surface area contributed by atoms with Crippen LogP contribution in [0.1, 0.15) is 43.9 Å². The molecule has 0 spiro atoms. The predicted octanol–water partition coefficient (Wildman–Crippen LogP) is 4.76. The first-order valence-corrected chi connectivity index (χ1v) is 8.20. The molecule has 23 heavy (non-hydrogen) atoms. The van der Waals surface area contributed by atoms with E-state index in [-0.39, 0.29) is 17.8 Å². The van der Waals surface area contributed by atoms with E-state index in [0.717, 1.165) is 18.4 Å². The number of hydrogen-bond acceptors (Lipinski definition) is 1. The van der Waals surface area contributed by atoms with Gasteiger partial charge in [0.15, 0.2) is 0 Å². The molecule has 0 aromatic heterocycles. The van der Waals surface area contributed by atoms with Crippen LogP contribution in [0.25, 0.3) is 0 Å². The number of hydrogen-bond donors (Lipinski definition) is 0. The van der Waals surface area contributed by atoms with Gasteiger partial charge in [-0.25, -0.2) is 4.39 Å². The summed E-state index contributed by atoms with van der Waals surface area (Å²) >= 11 is 0. The third kappa shape index (κ3) is 4.92. The molecule has 2 aromatic rings. The monoisotopic (exact) mass is 313 g/mol. The molecule has 0 aliphatic rings. The Labute approximate surface area is 137 Å². The van der Waals surface area contributed by atoms with Gasteiger partial charge in [-0.05, 0) is 49.9 Å². The normalized spacial score (nSPS) is 12.0. The van der Waals surface area contributed by atoms with Crippen LogP contribution in [-0.2, 0) is 11.2 Å². The third-order valence-electron chi connectivity index (χ3n) is 4.18. The lowest BCUT2D eigenvalue weighted by Gasteiger charge is -2.28. The zero-order valence-electron chi connectivity index (χ0n) is 13.8. The lowest BCUT2D eigenvalue weighted by molar-refractivity contribution is -0.133. The smallest absolute Gasteiger partial charge is 0.223 e. The highest BCUT2D eigenvalue weighted by molar-refractivity contribution is 5.76. The van der Waals surface area contributed by atoms with Crippen LogP contribution < -0.4 is 0 Å². The number of benzene rings is 2. The summed E-state index contributed by atoms with van der Waals surface area (Å²) in [4.78, 5) is 14.4. The van der Waals surface area contributed by atoms with Crippen LogP contribution in [0.5, 0.6) is 0 Å². The van der Waals surface area contributed by atoms with E-state index in [9.17, 15) is 9.18 Å². The van der Waals surface area contributed by atoms with Gasteiger partial charge in [0.25, 0.3) is 0 Å². The van der Waals surface area contributed by atoms with Gasteiger partial charge in [0, 0.05) is 13.0 Å². The van der Waals surface area contributed by atoms with E-state index >= 15 is 0 Å². The number of carbonyl (C=O) groups is 1. The maximum atomic E-state index is 13.0. The van der Waals surface area contributed by atoms with E-state index in [1.807, 2.05) is 36.9 Å². The van der Waals surface area contributed by atoms with Crippen molar-refractivity contribution in [3.05, 3.63) is 71.5 Å². The zero-order valence-corrected chi connectivity index (χ0v) is 13.8. The van der Waals surface area contributed by atoms with E-state index in [4.69, 9.17) is 0 Å². The van der Waals surface area contributed by atoms with Gasteiger partial charge < -0.3 is 4.90 Å². The van der Waals surface area contributed by atoms with Crippen LogP contribution in [-0.4, -0.2) is 17.4 Å². The maximum Gasteiger partial charge on any atom is 0.223 e. The summed E-state index contributed by atoms with van der Waals surface area (Å²) in [7, 11) is 0. The van der Waals surface area contributed by atoms with Crippen LogP contribution in [0.4, 0.5) is 4.39 Å². The summed E-state index contributed by atoms with van der Waals surface area (Å²) in [5.41, 5.74) is 2.22. The lowest BCUT2D eigenvalue weighted by Crippen LogP contribution is -2.33. The van der Waals surface area contributed by atoms with E-state index in [2.05, 4.69) is 12.1 Å². The molecule has 0 fully saturated rings. The van der Waals surface area contributed by atoms with Crippen molar-refractivity contribution in [2.75, 3.05) is 6.54 Å². The van der Waals surface area contributed by atoms with E-state index in [0.29, 0.717) is 13.0 Å². The first-order chi connectivity index (χ1) is 11.1. The first-order valence-electron chi connectivity index (χ1n) is 8.20. The van der Waals surface area contributed by atoms with Gasteiger partial charge in [-0.3, -0.25) is 4.79 Å². The molecule has 2 rings (SSSR count). The summed E-state index contributed by atoms with van der Waals surface area (Å²) in [6.07, 6.45) is 2.29. The molecule has 0 bridgehead atoms.